The lowest BCUT2D eigenvalue weighted by molar-refractivity contribution is -0.130. The fourth-order valence-electron chi connectivity index (χ4n) is 3.92. The van der Waals surface area contributed by atoms with Crippen LogP contribution in [0.3, 0.4) is 0 Å². The maximum Gasteiger partial charge on any atom is 0.246 e. The van der Waals surface area contributed by atoms with Crippen molar-refractivity contribution in [2.75, 3.05) is 32.7 Å². The number of amides is 2. The summed E-state index contributed by atoms with van der Waals surface area (Å²) in [5.74, 6) is 0.0447. The van der Waals surface area contributed by atoms with Crippen LogP contribution in [0.25, 0.3) is 6.08 Å². The summed E-state index contributed by atoms with van der Waals surface area (Å²) in [6, 6.07) is 5.90. The van der Waals surface area contributed by atoms with E-state index in [1.54, 1.807) is 23.1 Å². The van der Waals surface area contributed by atoms with E-state index < -0.39 is 0 Å². The standard InChI is InChI=1S/C22H29Cl2N3O2/c23-19-8-6-17(16-20(19)24)7-9-21(28)27-13-10-22(29)26(14-15-27)12-3-11-25-18-4-1-2-5-18/h6-9,16,18,25H,1-5,10-15H2. The Morgan fingerprint density at radius 3 is 2.69 bits per heavy atom. The Hall–Kier alpha value is -1.56. The van der Waals surface area contributed by atoms with Gasteiger partial charge in [-0.25, -0.2) is 0 Å². The van der Waals surface area contributed by atoms with Crippen molar-refractivity contribution in [3.05, 3.63) is 39.9 Å². The summed E-state index contributed by atoms with van der Waals surface area (Å²) in [7, 11) is 0. The van der Waals surface area contributed by atoms with Gasteiger partial charge in [-0.05, 0) is 49.6 Å². The minimum Gasteiger partial charge on any atom is -0.341 e. The number of rotatable bonds is 7. The van der Waals surface area contributed by atoms with Crippen LogP contribution in [0, 0.1) is 0 Å². The molecule has 2 fully saturated rings. The van der Waals surface area contributed by atoms with Crippen molar-refractivity contribution in [1.29, 1.82) is 0 Å². The third-order valence-electron chi connectivity index (χ3n) is 5.65. The van der Waals surface area contributed by atoms with E-state index in [4.69, 9.17) is 23.2 Å². The van der Waals surface area contributed by atoms with Crippen LogP contribution in [-0.4, -0.2) is 60.4 Å². The molecule has 1 aromatic rings. The molecule has 1 heterocycles. The summed E-state index contributed by atoms with van der Waals surface area (Å²) >= 11 is 11.9. The number of hydrogen-bond acceptors (Lipinski definition) is 3. The number of hydrogen-bond donors (Lipinski definition) is 1. The predicted octanol–water partition coefficient (Wildman–Crippen LogP) is 3.99. The Labute approximate surface area is 183 Å². The molecule has 1 aromatic carbocycles. The van der Waals surface area contributed by atoms with Crippen LogP contribution in [-0.2, 0) is 9.59 Å². The topological polar surface area (TPSA) is 52.7 Å². The molecule has 0 spiro atoms. The fraction of sp³-hybridized carbons (Fsp3) is 0.545. The first-order valence-electron chi connectivity index (χ1n) is 10.5. The molecule has 0 aromatic heterocycles. The second-order valence-corrected chi connectivity index (χ2v) is 8.57. The smallest absolute Gasteiger partial charge is 0.246 e. The largest absolute Gasteiger partial charge is 0.341 e. The summed E-state index contributed by atoms with van der Waals surface area (Å²) in [6.45, 7) is 3.31. The Morgan fingerprint density at radius 1 is 1.14 bits per heavy atom. The molecule has 1 N–H and O–H groups in total. The fourth-order valence-corrected chi connectivity index (χ4v) is 4.23. The van der Waals surface area contributed by atoms with E-state index in [0.717, 1.165) is 25.1 Å². The van der Waals surface area contributed by atoms with Crippen molar-refractivity contribution in [2.24, 2.45) is 0 Å². The van der Waals surface area contributed by atoms with Gasteiger partial charge in [-0.1, -0.05) is 42.1 Å². The molecule has 2 amide bonds. The maximum absolute atomic E-state index is 12.5. The van der Waals surface area contributed by atoms with Crippen LogP contribution in [0.4, 0.5) is 0 Å². The van der Waals surface area contributed by atoms with Gasteiger partial charge in [-0.3, -0.25) is 9.59 Å². The minimum absolute atomic E-state index is 0.0892. The molecule has 1 aliphatic heterocycles. The molecular weight excluding hydrogens is 409 g/mol. The SMILES string of the molecule is O=C(C=Cc1ccc(Cl)c(Cl)c1)N1CCC(=O)N(CCCNC2CCCC2)CC1. The molecule has 1 saturated carbocycles. The molecule has 0 radical (unpaired) electrons. The first kappa shape index (κ1) is 22.1. The number of halogens is 2. The van der Waals surface area contributed by atoms with Gasteiger partial charge in [0.15, 0.2) is 0 Å². The molecule has 1 saturated heterocycles. The number of benzene rings is 1. The van der Waals surface area contributed by atoms with E-state index in [1.165, 1.54) is 31.8 Å². The first-order valence-corrected chi connectivity index (χ1v) is 11.2. The van der Waals surface area contributed by atoms with E-state index >= 15 is 0 Å². The number of carbonyl (C=O) groups is 2. The normalized spacial score (nSPS) is 18.6. The molecule has 29 heavy (non-hydrogen) atoms. The van der Waals surface area contributed by atoms with Gasteiger partial charge in [0.05, 0.1) is 10.0 Å². The third-order valence-corrected chi connectivity index (χ3v) is 6.39. The van der Waals surface area contributed by atoms with Crippen LogP contribution in [0.1, 0.15) is 44.1 Å². The van der Waals surface area contributed by atoms with Gasteiger partial charge in [0, 0.05) is 44.7 Å². The lowest BCUT2D eigenvalue weighted by atomic mass is 10.2. The summed E-state index contributed by atoms with van der Waals surface area (Å²) in [4.78, 5) is 28.6. The van der Waals surface area contributed by atoms with Gasteiger partial charge in [0.2, 0.25) is 11.8 Å². The molecule has 158 valence electrons. The van der Waals surface area contributed by atoms with E-state index in [-0.39, 0.29) is 11.8 Å². The van der Waals surface area contributed by atoms with Crippen molar-refractivity contribution >= 4 is 41.1 Å². The molecule has 2 aliphatic rings. The lowest BCUT2D eigenvalue weighted by Gasteiger charge is -2.22. The summed E-state index contributed by atoms with van der Waals surface area (Å²) in [5, 5.41) is 4.53. The minimum atomic E-state index is -0.0892. The average molecular weight is 438 g/mol. The molecule has 7 heteroatoms. The summed E-state index contributed by atoms with van der Waals surface area (Å²) in [6.07, 6.45) is 9.78. The molecule has 0 atom stereocenters. The van der Waals surface area contributed by atoms with Gasteiger partial charge < -0.3 is 15.1 Å². The van der Waals surface area contributed by atoms with Crippen molar-refractivity contribution in [2.45, 2.75) is 44.6 Å². The van der Waals surface area contributed by atoms with E-state index in [9.17, 15) is 9.59 Å². The van der Waals surface area contributed by atoms with Crippen LogP contribution in [0.15, 0.2) is 24.3 Å². The zero-order valence-electron chi connectivity index (χ0n) is 16.7. The van der Waals surface area contributed by atoms with Crippen LogP contribution < -0.4 is 5.32 Å². The van der Waals surface area contributed by atoms with Gasteiger partial charge in [0.1, 0.15) is 0 Å². The first-order chi connectivity index (χ1) is 14.0. The van der Waals surface area contributed by atoms with E-state index in [2.05, 4.69) is 5.32 Å². The van der Waals surface area contributed by atoms with E-state index in [0.29, 0.717) is 42.1 Å². The van der Waals surface area contributed by atoms with Crippen molar-refractivity contribution in [3.8, 4) is 0 Å². The number of nitrogens with one attached hydrogen (secondary N) is 1. The molecule has 3 rings (SSSR count). The highest BCUT2D eigenvalue weighted by Gasteiger charge is 2.22. The maximum atomic E-state index is 12.5. The van der Waals surface area contributed by atoms with Gasteiger partial charge in [-0.2, -0.15) is 0 Å². The summed E-state index contributed by atoms with van der Waals surface area (Å²) in [5.41, 5.74) is 0.815. The quantitative estimate of drug-likeness (QED) is 0.518. The second-order valence-electron chi connectivity index (χ2n) is 7.75. The Balaban J connectivity index is 1.44. The Bertz CT molecular complexity index is 748. The third kappa shape index (κ3) is 6.73. The highest BCUT2D eigenvalue weighted by Crippen LogP contribution is 2.23. The van der Waals surface area contributed by atoms with Crippen molar-refractivity contribution < 1.29 is 9.59 Å². The second kappa shape index (κ2) is 11.0. The molecular formula is C22H29Cl2N3O2. The zero-order chi connectivity index (χ0) is 20.6. The predicted molar refractivity (Wildman–Crippen MR) is 118 cm³/mol. The lowest BCUT2D eigenvalue weighted by Crippen LogP contribution is -2.37. The molecule has 1 aliphatic carbocycles. The van der Waals surface area contributed by atoms with E-state index in [1.807, 2.05) is 11.0 Å². The van der Waals surface area contributed by atoms with Crippen LogP contribution in [0.5, 0.6) is 0 Å². The molecule has 5 nitrogen and oxygen atoms in total. The Kier molecular flexibility index (Phi) is 8.40. The number of nitrogens with zero attached hydrogens (tertiary/aromatic N) is 2. The Morgan fingerprint density at radius 2 is 1.93 bits per heavy atom. The van der Waals surface area contributed by atoms with Gasteiger partial charge >= 0.3 is 0 Å². The highest BCUT2D eigenvalue weighted by molar-refractivity contribution is 6.42. The van der Waals surface area contributed by atoms with Crippen LogP contribution in [0.2, 0.25) is 10.0 Å². The zero-order valence-corrected chi connectivity index (χ0v) is 18.2. The number of carbonyl (C=O) groups excluding carboxylic acids is 2. The van der Waals surface area contributed by atoms with Gasteiger partial charge in [0.25, 0.3) is 0 Å². The van der Waals surface area contributed by atoms with Gasteiger partial charge in [-0.15, -0.1) is 0 Å². The van der Waals surface area contributed by atoms with Crippen LogP contribution >= 0.6 is 23.2 Å². The molecule has 0 bridgehead atoms. The monoisotopic (exact) mass is 437 g/mol. The van der Waals surface area contributed by atoms with Crippen molar-refractivity contribution in [1.82, 2.24) is 15.1 Å². The average Bonchev–Trinajstić information content (AvgIpc) is 3.16. The summed E-state index contributed by atoms with van der Waals surface area (Å²) < 4.78 is 0. The van der Waals surface area contributed by atoms with Crippen molar-refractivity contribution in [3.63, 3.8) is 0 Å². The highest BCUT2D eigenvalue weighted by atomic mass is 35.5. The molecule has 0 unspecified atom stereocenters.